The van der Waals surface area contributed by atoms with Gasteiger partial charge in [0.2, 0.25) is 0 Å². The summed E-state index contributed by atoms with van der Waals surface area (Å²) in [6.07, 6.45) is 11.0. The molecule has 3 nitrogen and oxygen atoms in total. The molecular weight excluding hydrogens is 583 g/mol. The summed E-state index contributed by atoms with van der Waals surface area (Å²) in [7, 11) is 0. The van der Waals surface area contributed by atoms with Crippen LogP contribution in [0.4, 0.5) is 11.5 Å². The average molecular weight is 626 g/mol. The van der Waals surface area contributed by atoms with Crippen LogP contribution >= 0.6 is 0 Å². The molecule has 3 heteroatoms. The molecule has 0 saturated heterocycles. The number of hydrogen-bond donors (Lipinski definition) is 0. The molecule has 0 unspecified atom stereocenters. The molecule has 2 aliphatic rings. The van der Waals surface area contributed by atoms with Crippen molar-refractivity contribution in [3.05, 3.63) is 194 Å². The van der Waals surface area contributed by atoms with Gasteiger partial charge in [0.1, 0.15) is 5.82 Å². The van der Waals surface area contributed by atoms with E-state index in [4.69, 9.17) is 0 Å². The van der Waals surface area contributed by atoms with Gasteiger partial charge >= 0.3 is 0 Å². The third kappa shape index (κ3) is 5.80. The molecular formula is C45H43N3. The zero-order chi connectivity index (χ0) is 33.7. The first-order valence-electron chi connectivity index (χ1n) is 16.5. The zero-order valence-corrected chi connectivity index (χ0v) is 28.2. The number of benzene rings is 4. The van der Waals surface area contributed by atoms with Crippen LogP contribution in [0.15, 0.2) is 178 Å². The highest BCUT2D eigenvalue weighted by molar-refractivity contribution is 5.84. The van der Waals surface area contributed by atoms with E-state index < -0.39 is 0 Å². The molecule has 6 aromatic rings. The van der Waals surface area contributed by atoms with Crippen molar-refractivity contribution in [2.75, 3.05) is 4.90 Å². The minimum Gasteiger partial charge on any atom is -0.321 e. The third-order valence-corrected chi connectivity index (χ3v) is 9.02. The Labute approximate surface area is 285 Å². The molecule has 4 aromatic carbocycles. The Morgan fingerprint density at radius 1 is 0.646 bits per heavy atom. The summed E-state index contributed by atoms with van der Waals surface area (Å²) in [5.74, 6) is 1.19. The SMILES string of the molecule is C=C/C=C\C=C.C=CC.CC1(C)c2ccccc2-c2ccc(-c3ccc4n3-c3ccn(-c5ccccc5)c3CN4c3ccccc3)cc21. The number of fused-ring (bicyclic) bond motifs is 6. The molecule has 48 heavy (non-hydrogen) atoms. The molecule has 0 atom stereocenters. The first kappa shape index (κ1) is 32.2. The van der Waals surface area contributed by atoms with E-state index >= 15 is 0 Å². The molecule has 0 radical (unpaired) electrons. The number of hydrogen-bond acceptors (Lipinski definition) is 1. The van der Waals surface area contributed by atoms with Crippen LogP contribution in [0.25, 0.3) is 33.8 Å². The fourth-order valence-corrected chi connectivity index (χ4v) is 6.84. The smallest absolute Gasteiger partial charge is 0.118 e. The van der Waals surface area contributed by atoms with Crippen LogP contribution in [-0.2, 0) is 12.0 Å². The van der Waals surface area contributed by atoms with Crippen molar-refractivity contribution in [2.45, 2.75) is 32.7 Å². The minimum atomic E-state index is -0.0306. The molecule has 2 aromatic heterocycles. The van der Waals surface area contributed by atoms with Gasteiger partial charge in [0.05, 0.1) is 23.6 Å². The lowest BCUT2D eigenvalue weighted by atomic mass is 9.82. The van der Waals surface area contributed by atoms with Crippen molar-refractivity contribution in [3.63, 3.8) is 0 Å². The summed E-state index contributed by atoms with van der Waals surface area (Å²) in [4.78, 5) is 2.43. The minimum absolute atomic E-state index is 0.0306. The Morgan fingerprint density at radius 2 is 1.25 bits per heavy atom. The van der Waals surface area contributed by atoms with Crippen molar-refractivity contribution in [1.82, 2.24) is 9.13 Å². The molecule has 0 spiro atoms. The van der Waals surface area contributed by atoms with E-state index in [0.29, 0.717) is 0 Å². The maximum Gasteiger partial charge on any atom is 0.118 e. The van der Waals surface area contributed by atoms with Gasteiger partial charge in [-0.1, -0.05) is 130 Å². The van der Waals surface area contributed by atoms with Crippen LogP contribution in [0.3, 0.4) is 0 Å². The maximum atomic E-state index is 3.46. The lowest BCUT2D eigenvalue weighted by Gasteiger charge is -2.32. The van der Waals surface area contributed by atoms with E-state index in [9.17, 15) is 0 Å². The molecule has 1 aliphatic carbocycles. The molecule has 238 valence electrons. The summed E-state index contributed by atoms with van der Waals surface area (Å²) in [6, 6.07) is 44.1. The number of anilines is 2. The van der Waals surface area contributed by atoms with Crippen molar-refractivity contribution in [2.24, 2.45) is 0 Å². The lowest BCUT2D eigenvalue weighted by molar-refractivity contribution is 0.660. The largest absolute Gasteiger partial charge is 0.321 e. The summed E-state index contributed by atoms with van der Waals surface area (Å²) in [6.45, 7) is 17.7. The summed E-state index contributed by atoms with van der Waals surface area (Å²) >= 11 is 0. The Morgan fingerprint density at radius 3 is 1.92 bits per heavy atom. The van der Waals surface area contributed by atoms with Crippen molar-refractivity contribution in [3.8, 4) is 33.8 Å². The normalized spacial score (nSPS) is 13.1. The van der Waals surface area contributed by atoms with Gasteiger partial charge < -0.3 is 9.47 Å². The topological polar surface area (TPSA) is 13.1 Å². The van der Waals surface area contributed by atoms with Gasteiger partial charge in [-0.05, 0) is 83.3 Å². The van der Waals surface area contributed by atoms with E-state index in [2.05, 4.69) is 175 Å². The maximum absolute atomic E-state index is 3.46. The Kier molecular flexibility index (Phi) is 9.31. The number of para-hydroxylation sites is 2. The second-order valence-corrected chi connectivity index (χ2v) is 12.4. The second kappa shape index (κ2) is 13.9. The third-order valence-electron chi connectivity index (χ3n) is 9.02. The number of aromatic nitrogens is 2. The first-order chi connectivity index (χ1) is 23.4. The molecule has 0 fully saturated rings. The van der Waals surface area contributed by atoms with Gasteiger partial charge in [-0.3, -0.25) is 4.57 Å². The highest BCUT2D eigenvalue weighted by Gasteiger charge is 2.36. The molecule has 0 amide bonds. The lowest BCUT2D eigenvalue weighted by Crippen LogP contribution is -2.26. The highest BCUT2D eigenvalue weighted by atomic mass is 15.3. The Hall–Kier alpha value is -5.80. The van der Waals surface area contributed by atoms with Crippen molar-refractivity contribution >= 4 is 11.5 Å². The Balaban J connectivity index is 0.000000399. The van der Waals surface area contributed by atoms with Crippen molar-refractivity contribution < 1.29 is 0 Å². The molecule has 3 heterocycles. The molecule has 1 aliphatic heterocycles. The molecule has 0 saturated carbocycles. The van der Waals surface area contributed by atoms with Gasteiger partial charge in [-0.2, -0.15) is 0 Å². The Bertz CT molecular complexity index is 2080. The molecule has 8 rings (SSSR count). The highest BCUT2D eigenvalue weighted by Crippen LogP contribution is 2.50. The average Bonchev–Trinajstić information content (AvgIpc) is 3.82. The van der Waals surface area contributed by atoms with Gasteiger partial charge in [-0.25, -0.2) is 0 Å². The fourth-order valence-electron chi connectivity index (χ4n) is 6.84. The summed E-state index contributed by atoms with van der Waals surface area (Å²) in [5, 5.41) is 0. The predicted octanol–water partition coefficient (Wildman–Crippen LogP) is 12.0. The number of nitrogens with zero attached hydrogens (tertiary/aromatic N) is 3. The fraction of sp³-hybridized carbons (Fsp3) is 0.111. The van der Waals surface area contributed by atoms with Crippen LogP contribution < -0.4 is 4.90 Å². The van der Waals surface area contributed by atoms with Crippen LogP contribution in [-0.4, -0.2) is 9.13 Å². The van der Waals surface area contributed by atoms with Gasteiger partial charge in [0, 0.05) is 23.0 Å². The predicted molar refractivity (Wildman–Crippen MR) is 206 cm³/mol. The van der Waals surface area contributed by atoms with E-state index in [1.54, 1.807) is 18.2 Å². The van der Waals surface area contributed by atoms with Crippen LogP contribution in [0.1, 0.15) is 37.6 Å². The van der Waals surface area contributed by atoms with E-state index in [1.165, 1.54) is 62.1 Å². The van der Waals surface area contributed by atoms with E-state index in [1.807, 2.05) is 19.1 Å². The number of allylic oxidation sites excluding steroid dienone is 5. The van der Waals surface area contributed by atoms with Crippen LogP contribution in [0.2, 0.25) is 0 Å². The first-order valence-corrected chi connectivity index (χ1v) is 16.5. The summed E-state index contributed by atoms with van der Waals surface area (Å²) < 4.78 is 4.78. The van der Waals surface area contributed by atoms with Gasteiger partial charge in [-0.15, -0.1) is 6.58 Å². The second-order valence-electron chi connectivity index (χ2n) is 12.4. The molecule has 0 bridgehead atoms. The standard InChI is InChI=1S/C36H29N3.C6H8.C3H6/c1-36(2)30-16-10-9-15-28(30)29-18-17-25(23-31(29)36)32-19-20-35-38(27-13-7-4-8-14-27)24-34-33(39(32)35)21-22-37(34)26-11-5-3-6-12-26;1-3-5-6-4-2;1-3-2/h3-23H,24H2,1-2H3;3-6H,1-2H2;3H,1H2,2H3/b;6-5-;. The van der Waals surface area contributed by atoms with Crippen LogP contribution in [0.5, 0.6) is 0 Å². The van der Waals surface area contributed by atoms with E-state index in [0.717, 1.165) is 6.54 Å². The van der Waals surface area contributed by atoms with Crippen LogP contribution in [0, 0.1) is 0 Å². The molecule has 0 N–H and O–H groups in total. The quantitative estimate of drug-likeness (QED) is 0.137. The number of rotatable bonds is 5. The van der Waals surface area contributed by atoms with Crippen molar-refractivity contribution in [1.29, 1.82) is 0 Å². The van der Waals surface area contributed by atoms with E-state index in [-0.39, 0.29) is 5.41 Å². The monoisotopic (exact) mass is 625 g/mol. The van der Waals surface area contributed by atoms with Gasteiger partial charge in [0.25, 0.3) is 0 Å². The summed E-state index contributed by atoms with van der Waals surface area (Å²) in [5.41, 5.74) is 12.8. The van der Waals surface area contributed by atoms with Gasteiger partial charge in [0.15, 0.2) is 0 Å². The zero-order valence-electron chi connectivity index (χ0n) is 28.2.